The molecule has 2 aromatic rings. The minimum Gasteiger partial charge on any atom is -0.382 e. The Morgan fingerprint density at radius 2 is 2.35 bits per heavy atom. The van der Waals surface area contributed by atoms with Gasteiger partial charge in [-0.15, -0.1) is 11.8 Å². The first-order valence-corrected chi connectivity index (χ1v) is 7.02. The number of aryl methyl sites for hydroxylation is 1. The molecular weight excluding hydrogens is 254 g/mol. The van der Waals surface area contributed by atoms with Gasteiger partial charge in [-0.25, -0.2) is 9.97 Å². The second kappa shape index (κ2) is 5.33. The van der Waals surface area contributed by atoms with Gasteiger partial charge in [-0.1, -0.05) is 0 Å². The molecule has 0 saturated heterocycles. The van der Waals surface area contributed by atoms with E-state index in [1.54, 1.807) is 18.0 Å². The predicted molar refractivity (Wildman–Crippen MR) is 72.4 cm³/mol. The first kappa shape index (κ1) is 12.1. The van der Waals surface area contributed by atoms with Crippen LogP contribution in [0.15, 0.2) is 17.2 Å². The molecule has 2 aromatic heterocycles. The van der Waals surface area contributed by atoms with Crippen LogP contribution in [0.25, 0.3) is 0 Å². The third-order valence-corrected chi connectivity index (χ3v) is 3.91. The van der Waals surface area contributed by atoms with Crippen LogP contribution >= 0.6 is 23.3 Å². The van der Waals surface area contributed by atoms with Crippen LogP contribution in [-0.4, -0.2) is 20.6 Å². The maximum Gasteiger partial charge on any atom is 0.153 e. The van der Waals surface area contributed by atoms with E-state index in [-0.39, 0.29) is 0 Å². The molecule has 0 fully saturated rings. The molecule has 90 valence electrons. The zero-order valence-electron chi connectivity index (χ0n) is 9.60. The second-order valence-corrected chi connectivity index (χ2v) is 4.97. The van der Waals surface area contributed by atoms with Crippen molar-refractivity contribution in [3.8, 4) is 0 Å². The van der Waals surface area contributed by atoms with Crippen molar-refractivity contribution in [3.63, 3.8) is 0 Å². The van der Waals surface area contributed by atoms with Crippen LogP contribution in [0.3, 0.4) is 0 Å². The number of nitrogens with two attached hydrogens (primary N) is 1. The van der Waals surface area contributed by atoms with Gasteiger partial charge in [-0.2, -0.15) is 4.37 Å². The van der Waals surface area contributed by atoms with E-state index in [2.05, 4.69) is 19.7 Å². The number of rotatable bonds is 4. The lowest BCUT2D eigenvalue weighted by Crippen LogP contribution is -2.02. The Kier molecular flexibility index (Phi) is 3.80. The van der Waals surface area contributed by atoms with Crippen LogP contribution in [0.2, 0.25) is 0 Å². The average Bonchev–Trinajstić information content (AvgIpc) is 2.67. The molecule has 0 unspecified atom stereocenters. The van der Waals surface area contributed by atoms with Crippen LogP contribution < -0.4 is 11.1 Å². The Balaban J connectivity index is 2.07. The summed E-state index contributed by atoms with van der Waals surface area (Å²) in [7, 11) is 0. The van der Waals surface area contributed by atoms with Gasteiger partial charge in [0.25, 0.3) is 0 Å². The Morgan fingerprint density at radius 1 is 1.53 bits per heavy atom. The predicted octanol–water partition coefficient (Wildman–Crippen LogP) is 2.16. The summed E-state index contributed by atoms with van der Waals surface area (Å²) >= 11 is 2.97. The van der Waals surface area contributed by atoms with Gasteiger partial charge in [0.15, 0.2) is 5.82 Å². The molecule has 0 aliphatic rings. The molecular formula is C10H13N5S2. The fourth-order valence-corrected chi connectivity index (χ4v) is 2.92. The minimum atomic E-state index is 0.587. The molecule has 7 heteroatoms. The molecule has 0 spiro atoms. The SMILES string of the molecule is CSc1c(N)nsc1NCc1ccnc(C)n1. The zero-order chi connectivity index (χ0) is 12.3. The summed E-state index contributed by atoms with van der Waals surface area (Å²) in [5.41, 5.74) is 6.71. The quantitative estimate of drug-likeness (QED) is 0.827. The Morgan fingerprint density at radius 3 is 3.06 bits per heavy atom. The molecule has 0 atom stereocenters. The van der Waals surface area contributed by atoms with Crippen LogP contribution in [0.4, 0.5) is 10.8 Å². The van der Waals surface area contributed by atoms with Crippen LogP contribution in [0.5, 0.6) is 0 Å². The molecule has 5 nitrogen and oxygen atoms in total. The van der Waals surface area contributed by atoms with Crippen molar-refractivity contribution in [3.05, 3.63) is 23.8 Å². The largest absolute Gasteiger partial charge is 0.382 e. The van der Waals surface area contributed by atoms with Crippen LogP contribution in [0, 0.1) is 6.92 Å². The zero-order valence-corrected chi connectivity index (χ0v) is 11.2. The molecule has 0 bridgehead atoms. The number of hydrogen-bond acceptors (Lipinski definition) is 7. The van der Waals surface area contributed by atoms with E-state index < -0.39 is 0 Å². The first-order valence-electron chi connectivity index (χ1n) is 5.02. The van der Waals surface area contributed by atoms with Gasteiger partial charge in [-0.3, -0.25) is 0 Å². The summed E-state index contributed by atoms with van der Waals surface area (Å²) in [6, 6.07) is 1.89. The molecule has 0 aliphatic heterocycles. The fourth-order valence-electron chi connectivity index (χ4n) is 1.38. The topological polar surface area (TPSA) is 76.7 Å². The standard InChI is InChI=1S/C10H13N5S2/c1-6-12-4-3-7(14-6)5-13-10-8(16-2)9(11)15-17-10/h3-4,13H,5H2,1-2H3,(H2,11,15). The van der Waals surface area contributed by atoms with Crippen LogP contribution in [-0.2, 0) is 6.54 Å². The lowest BCUT2D eigenvalue weighted by atomic mass is 10.4. The van der Waals surface area contributed by atoms with Gasteiger partial charge in [0.2, 0.25) is 0 Å². The molecule has 17 heavy (non-hydrogen) atoms. The van der Waals surface area contributed by atoms with E-state index in [1.165, 1.54) is 11.5 Å². The summed E-state index contributed by atoms with van der Waals surface area (Å²) in [5, 5.41) is 4.29. The molecule has 0 radical (unpaired) electrons. The maximum atomic E-state index is 5.76. The lowest BCUT2D eigenvalue weighted by molar-refractivity contribution is 0.955. The third-order valence-electron chi connectivity index (χ3n) is 2.14. The molecule has 0 amide bonds. The monoisotopic (exact) mass is 267 g/mol. The number of anilines is 2. The van der Waals surface area contributed by atoms with Crippen molar-refractivity contribution in [1.29, 1.82) is 0 Å². The van der Waals surface area contributed by atoms with E-state index >= 15 is 0 Å². The summed E-state index contributed by atoms with van der Waals surface area (Å²) in [6.07, 6.45) is 3.75. The Hall–Kier alpha value is -1.34. The van der Waals surface area contributed by atoms with E-state index in [0.717, 1.165) is 21.4 Å². The highest BCUT2D eigenvalue weighted by Crippen LogP contribution is 2.34. The van der Waals surface area contributed by atoms with Crippen molar-refractivity contribution in [2.45, 2.75) is 18.4 Å². The summed E-state index contributed by atoms with van der Waals surface area (Å²) in [4.78, 5) is 9.38. The van der Waals surface area contributed by atoms with Crippen molar-refractivity contribution in [2.24, 2.45) is 0 Å². The highest BCUT2D eigenvalue weighted by atomic mass is 32.2. The van der Waals surface area contributed by atoms with Crippen molar-refractivity contribution in [1.82, 2.24) is 14.3 Å². The maximum absolute atomic E-state index is 5.76. The number of hydrogen-bond donors (Lipinski definition) is 2. The lowest BCUT2D eigenvalue weighted by Gasteiger charge is -2.05. The van der Waals surface area contributed by atoms with E-state index in [9.17, 15) is 0 Å². The van der Waals surface area contributed by atoms with Gasteiger partial charge in [-0.05, 0) is 30.8 Å². The Labute approximate surface area is 108 Å². The molecule has 3 N–H and O–H groups in total. The second-order valence-electron chi connectivity index (χ2n) is 3.38. The van der Waals surface area contributed by atoms with Gasteiger partial charge in [0, 0.05) is 6.20 Å². The van der Waals surface area contributed by atoms with Crippen molar-refractivity contribution in [2.75, 3.05) is 17.3 Å². The first-order chi connectivity index (χ1) is 8.20. The Bertz CT molecular complexity index is 511. The van der Waals surface area contributed by atoms with Gasteiger partial charge >= 0.3 is 0 Å². The smallest absolute Gasteiger partial charge is 0.153 e. The van der Waals surface area contributed by atoms with E-state index in [0.29, 0.717) is 12.4 Å². The molecule has 2 rings (SSSR count). The van der Waals surface area contributed by atoms with Crippen LogP contribution in [0.1, 0.15) is 11.5 Å². The highest BCUT2D eigenvalue weighted by molar-refractivity contribution is 7.99. The highest BCUT2D eigenvalue weighted by Gasteiger charge is 2.09. The fraction of sp³-hybridized carbons (Fsp3) is 0.300. The number of nitrogen functional groups attached to an aromatic ring is 1. The number of nitrogens with one attached hydrogen (secondary N) is 1. The van der Waals surface area contributed by atoms with E-state index in [1.807, 2.05) is 19.2 Å². The third kappa shape index (κ3) is 2.86. The van der Waals surface area contributed by atoms with E-state index in [4.69, 9.17) is 5.73 Å². The molecule has 0 saturated carbocycles. The van der Waals surface area contributed by atoms with Gasteiger partial charge in [0.1, 0.15) is 10.8 Å². The summed E-state index contributed by atoms with van der Waals surface area (Å²) in [5.74, 6) is 1.36. The average molecular weight is 267 g/mol. The molecule has 0 aromatic carbocycles. The normalized spacial score (nSPS) is 10.5. The summed E-state index contributed by atoms with van der Waals surface area (Å²) in [6.45, 7) is 2.53. The van der Waals surface area contributed by atoms with Gasteiger partial charge < -0.3 is 11.1 Å². The summed E-state index contributed by atoms with van der Waals surface area (Å²) < 4.78 is 4.12. The molecule has 0 aliphatic carbocycles. The minimum absolute atomic E-state index is 0.587. The number of thioether (sulfide) groups is 1. The number of nitrogens with zero attached hydrogens (tertiary/aromatic N) is 3. The van der Waals surface area contributed by atoms with Crippen molar-refractivity contribution >= 4 is 34.1 Å². The van der Waals surface area contributed by atoms with Crippen molar-refractivity contribution < 1.29 is 0 Å². The van der Waals surface area contributed by atoms with Gasteiger partial charge in [0.05, 0.1) is 17.1 Å². The number of aromatic nitrogens is 3. The molecule has 2 heterocycles.